The fourth-order valence-corrected chi connectivity index (χ4v) is 2.69. The predicted octanol–water partition coefficient (Wildman–Crippen LogP) is 2.56. The molecule has 21 heavy (non-hydrogen) atoms. The van der Waals surface area contributed by atoms with Gasteiger partial charge in [-0.25, -0.2) is 8.78 Å². The Kier molecular flexibility index (Phi) is 4.93. The number of hydrogen-bond donors (Lipinski definition) is 2. The number of hydrogen-bond acceptors (Lipinski definition) is 2. The van der Waals surface area contributed by atoms with Crippen LogP contribution in [0.3, 0.4) is 0 Å². The number of carbonyl (C=O) groups excluding carboxylic acids is 1. The van der Waals surface area contributed by atoms with Crippen molar-refractivity contribution in [3.63, 3.8) is 0 Å². The quantitative estimate of drug-likeness (QED) is 0.847. The maximum atomic E-state index is 13.2. The average Bonchev–Trinajstić information content (AvgIpc) is 3.21. The van der Waals surface area contributed by atoms with E-state index >= 15 is 0 Å². The third-order valence-corrected chi connectivity index (χ3v) is 3.89. The minimum Gasteiger partial charge on any atom is -0.352 e. The lowest BCUT2D eigenvalue weighted by molar-refractivity contribution is -0.123. The second-order valence-electron chi connectivity index (χ2n) is 6.19. The molecule has 0 saturated heterocycles. The molecule has 5 heteroatoms. The summed E-state index contributed by atoms with van der Waals surface area (Å²) in [4.78, 5) is 12.2. The van der Waals surface area contributed by atoms with Crippen LogP contribution in [0, 0.1) is 23.5 Å². The van der Waals surface area contributed by atoms with Crippen molar-refractivity contribution in [2.45, 2.75) is 38.6 Å². The summed E-state index contributed by atoms with van der Waals surface area (Å²) in [7, 11) is 0. The van der Waals surface area contributed by atoms with Crippen molar-refractivity contribution in [1.29, 1.82) is 0 Å². The van der Waals surface area contributed by atoms with E-state index in [-0.39, 0.29) is 23.8 Å². The van der Waals surface area contributed by atoms with Crippen LogP contribution in [-0.2, 0) is 4.79 Å². The first-order valence-corrected chi connectivity index (χ1v) is 7.37. The topological polar surface area (TPSA) is 55.1 Å². The van der Waals surface area contributed by atoms with Crippen molar-refractivity contribution < 1.29 is 13.6 Å². The molecule has 3 nitrogen and oxygen atoms in total. The van der Waals surface area contributed by atoms with E-state index in [0.717, 1.165) is 12.5 Å². The summed E-state index contributed by atoms with van der Waals surface area (Å²) in [5.41, 5.74) is 6.35. The zero-order valence-corrected chi connectivity index (χ0v) is 12.4. The van der Waals surface area contributed by atoms with Gasteiger partial charge in [-0.2, -0.15) is 0 Å². The Labute approximate surface area is 123 Å². The van der Waals surface area contributed by atoms with Gasteiger partial charge in [0.1, 0.15) is 0 Å². The van der Waals surface area contributed by atoms with Gasteiger partial charge in [0, 0.05) is 18.5 Å². The predicted molar refractivity (Wildman–Crippen MR) is 77.6 cm³/mol. The van der Waals surface area contributed by atoms with Crippen LogP contribution >= 0.6 is 0 Å². The number of benzene rings is 1. The van der Waals surface area contributed by atoms with E-state index < -0.39 is 11.6 Å². The summed E-state index contributed by atoms with van der Waals surface area (Å²) in [5.74, 6) is -1.48. The summed E-state index contributed by atoms with van der Waals surface area (Å²) in [6.45, 7) is 4.57. The second-order valence-corrected chi connectivity index (χ2v) is 6.19. The molecule has 0 spiro atoms. The van der Waals surface area contributed by atoms with Crippen LogP contribution in [0.15, 0.2) is 18.2 Å². The third-order valence-electron chi connectivity index (χ3n) is 3.89. The molecule has 116 valence electrons. The molecule has 0 radical (unpaired) electrons. The molecule has 3 unspecified atom stereocenters. The lowest BCUT2D eigenvalue weighted by Crippen LogP contribution is -2.41. The van der Waals surface area contributed by atoms with Crippen molar-refractivity contribution in [3.8, 4) is 0 Å². The molecule has 1 amide bonds. The molecule has 0 aliphatic heterocycles. The van der Waals surface area contributed by atoms with E-state index in [0.29, 0.717) is 24.4 Å². The normalized spacial score (nSPS) is 22.2. The Morgan fingerprint density at radius 2 is 2.10 bits per heavy atom. The van der Waals surface area contributed by atoms with Gasteiger partial charge in [0.25, 0.3) is 0 Å². The van der Waals surface area contributed by atoms with Gasteiger partial charge >= 0.3 is 0 Å². The smallest absolute Gasteiger partial charge is 0.224 e. The standard InChI is InChI=1S/C16H22F2N2O/c1-9(2)5-11(8-19)20-16(21)13-7-12(13)10-3-4-14(17)15(18)6-10/h3-4,6,9,11-13H,5,7-8,19H2,1-2H3,(H,20,21). The van der Waals surface area contributed by atoms with Crippen LogP contribution in [0.25, 0.3) is 0 Å². The van der Waals surface area contributed by atoms with E-state index in [2.05, 4.69) is 19.2 Å². The van der Waals surface area contributed by atoms with E-state index in [4.69, 9.17) is 5.73 Å². The van der Waals surface area contributed by atoms with Gasteiger partial charge < -0.3 is 11.1 Å². The SMILES string of the molecule is CC(C)CC(CN)NC(=O)C1CC1c1ccc(F)c(F)c1. The minimum atomic E-state index is -0.863. The summed E-state index contributed by atoms with van der Waals surface area (Å²) in [6.07, 6.45) is 1.51. The minimum absolute atomic E-state index is 0.0161. The Morgan fingerprint density at radius 3 is 2.67 bits per heavy atom. The van der Waals surface area contributed by atoms with Crippen LogP contribution in [-0.4, -0.2) is 18.5 Å². The van der Waals surface area contributed by atoms with Gasteiger partial charge in [0.05, 0.1) is 0 Å². The van der Waals surface area contributed by atoms with Gasteiger partial charge in [-0.3, -0.25) is 4.79 Å². The molecular weight excluding hydrogens is 274 g/mol. The summed E-state index contributed by atoms with van der Waals surface area (Å²) in [5, 5.41) is 2.95. The first kappa shape index (κ1) is 15.9. The number of nitrogens with one attached hydrogen (secondary N) is 1. The largest absolute Gasteiger partial charge is 0.352 e. The van der Waals surface area contributed by atoms with E-state index in [9.17, 15) is 13.6 Å². The fraction of sp³-hybridized carbons (Fsp3) is 0.562. The monoisotopic (exact) mass is 296 g/mol. The van der Waals surface area contributed by atoms with Crippen molar-refractivity contribution >= 4 is 5.91 Å². The number of amides is 1. The van der Waals surface area contributed by atoms with E-state index in [1.807, 2.05) is 0 Å². The number of carbonyl (C=O) groups is 1. The van der Waals surface area contributed by atoms with Crippen LogP contribution < -0.4 is 11.1 Å². The summed E-state index contributed by atoms with van der Waals surface area (Å²) >= 11 is 0. The first-order valence-electron chi connectivity index (χ1n) is 7.37. The zero-order chi connectivity index (χ0) is 15.6. The van der Waals surface area contributed by atoms with Crippen molar-refractivity contribution in [2.24, 2.45) is 17.6 Å². The third kappa shape index (κ3) is 4.00. The molecule has 1 aromatic rings. The number of rotatable bonds is 6. The lowest BCUT2D eigenvalue weighted by Gasteiger charge is -2.18. The van der Waals surface area contributed by atoms with Gasteiger partial charge in [0.15, 0.2) is 11.6 Å². The Bertz CT molecular complexity index is 519. The Hall–Kier alpha value is -1.49. The van der Waals surface area contributed by atoms with E-state index in [1.165, 1.54) is 6.07 Å². The van der Waals surface area contributed by atoms with Gasteiger partial charge in [0.2, 0.25) is 5.91 Å². The maximum Gasteiger partial charge on any atom is 0.224 e. The lowest BCUT2D eigenvalue weighted by atomic mass is 10.0. The first-order chi connectivity index (χ1) is 9.92. The maximum absolute atomic E-state index is 13.2. The van der Waals surface area contributed by atoms with Gasteiger partial charge in [-0.1, -0.05) is 19.9 Å². The summed E-state index contributed by atoms with van der Waals surface area (Å²) in [6, 6.07) is 3.82. The highest BCUT2D eigenvalue weighted by molar-refractivity contribution is 5.83. The van der Waals surface area contributed by atoms with Crippen LogP contribution in [0.1, 0.15) is 38.2 Å². The molecule has 1 aromatic carbocycles. The molecule has 3 N–H and O–H groups in total. The van der Waals surface area contributed by atoms with Crippen LogP contribution in [0.5, 0.6) is 0 Å². The highest BCUT2D eigenvalue weighted by Crippen LogP contribution is 2.47. The Morgan fingerprint density at radius 1 is 1.38 bits per heavy atom. The molecule has 3 atom stereocenters. The number of halogens is 2. The van der Waals surface area contributed by atoms with E-state index in [1.54, 1.807) is 6.07 Å². The Balaban J connectivity index is 1.92. The van der Waals surface area contributed by atoms with Crippen molar-refractivity contribution in [3.05, 3.63) is 35.4 Å². The molecule has 1 fully saturated rings. The summed E-state index contributed by atoms with van der Waals surface area (Å²) < 4.78 is 26.1. The highest BCUT2D eigenvalue weighted by Gasteiger charge is 2.44. The average molecular weight is 296 g/mol. The molecule has 2 rings (SSSR count). The zero-order valence-electron chi connectivity index (χ0n) is 12.4. The molecule has 0 aromatic heterocycles. The molecule has 1 aliphatic rings. The number of nitrogens with two attached hydrogens (primary N) is 1. The fourth-order valence-electron chi connectivity index (χ4n) is 2.69. The van der Waals surface area contributed by atoms with Crippen molar-refractivity contribution in [2.75, 3.05) is 6.54 Å². The van der Waals surface area contributed by atoms with Crippen molar-refractivity contribution in [1.82, 2.24) is 5.32 Å². The molecular formula is C16H22F2N2O. The van der Waals surface area contributed by atoms with Gasteiger partial charge in [-0.15, -0.1) is 0 Å². The molecule has 1 aliphatic carbocycles. The van der Waals surface area contributed by atoms with Gasteiger partial charge in [-0.05, 0) is 42.4 Å². The molecule has 1 saturated carbocycles. The van der Waals surface area contributed by atoms with Crippen LogP contribution in [0.4, 0.5) is 8.78 Å². The van der Waals surface area contributed by atoms with Crippen LogP contribution in [0.2, 0.25) is 0 Å². The highest BCUT2D eigenvalue weighted by atomic mass is 19.2. The molecule has 0 heterocycles. The molecule has 0 bridgehead atoms. The second kappa shape index (κ2) is 6.52.